The van der Waals surface area contributed by atoms with Crippen LogP contribution >= 0.6 is 0 Å². The minimum absolute atomic E-state index is 0.546. The summed E-state index contributed by atoms with van der Waals surface area (Å²) in [6.07, 6.45) is 12.1. The van der Waals surface area contributed by atoms with Crippen LogP contribution in [0.2, 0.25) is 0 Å². The molecule has 4 heteroatoms. The Morgan fingerprint density at radius 3 is 2.56 bits per heavy atom. The number of imidazole rings is 1. The highest BCUT2D eigenvalue weighted by Crippen LogP contribution is 2.26. The molecule has 1 aliphatic rings. The van der Waals surface area contributed by atoms with Gasteiger partial charge in [-0.3, -0.25) is 4.57 Å². The standard InChI is InChI=1S/C23H23N3O/c1-17-8-9-19(12-18(17)2)15-26-16-24-14-23(26)27-22-11-10-21(13-25-22)20-6-4-3-5-7-20/h3-14,16-18H,15H2,1-2H3. The first-order valence-electron chi connectivity index (χ1n) is 9.27. The van der Waals surface area contributed by atoms with Gasteiger partial charge in [0, 0.05) is 17.8 Å². The van der Waals surface area contributed by atoms with E-state index >= 15 is 0 Å². The average Bonchev–Trinajstić information content (AvgIpc) is 3.13. The van der Waals surface area contributed by atoms with Crippen molar-refractivity contribution in [3.05, 3.63) is 85.0 Å². The summed E-state index contributed by atoms with van der Waals surface area (Å²) in [6.45, 7) is 5.23. The van der Waals surface area contributed by atoms with Crippen LogP contribution in [0.25, 0.3) is 11.1 Å². The molecule has 0 saturated carbocycles. The summed E-state index contributed by atoms with van der Waals surface area (Å²) in [4.78, 5) is 8.69. The lowest BCUT2D eigenvalue weighted by Gasteiger charge is -2.19. The maximum Gasteiger partial charge on any atom is 0.222 e. The van der Waals surface area contributed by atoms with Gasteiger partial charge >= 0.3 is 0 Å². The first-order chi connectivity index (χ1) is 13.2. The fourth-order valence-electron chi connectivity index (χ4n) is 3.16. The Bertz CT molecular complexity index is 955. The number of pyridine rings is 1. The van der Waals surface area contributed by atoms with Crippen molar-refractivity contribution in [3.8, 4) is 22.9 Å². The lowest BCUT2D eigenvalue weighted by molar-refractivity contribution is 0.419. The summed E-state index contributed by atoms with van der Waals surface area (Å²) in [6, 6.07) is 14.1. The van der Waals surface area contributed by atoms with Gasteiger partial charge in [0.05, 0.1) is 19.1 Å². The normalized spacial score (nSPS) is 19.0. The number of allylic oxidation sites excluding steroid dienone is 4. The van der Waals surface area contributed by atoms with Crippen LogP contribution in [0.4, 0.5) is 0 Å². The number of aromatic nitrogens is 3. The molecule has 2 heterocycles. The van der Waals surface area contributed by atoms with Gasteiger partial charge in [0.15, 0.2) is 0 Å². The largest absolute Gasteiger partial charge is 0.421 e. The Morgan fingerprint density at radius 2 is 1.81 bits per heavy atom. The van der Waals surface area contributed by atoms with E-state index in [1.165, 1.54) is 5.57 Å². The van der Waals surface area contributed by atoms with Crippen molar-refractivity contribution in [2.24, 2.45) is 11.8 Å². The lowest BCUT2D eigenvalue weighted by Crippen LogP contribution is -2.10. The molecule has 1 aliphatic carbocycles. The third-order valence-electron chi connectivity index (χ3n) is 5.00. The molecule has 2 unspecified atom stereocenters. The molecular weight excluding hydrogens is 334 g/mol. The van der Waals surface area contributed by atoms with Gasteiger partial charge in [-0.2, -0.15) is 0 Å². The van der Waals surface area contributed by atoms with Crippen LogP contribution in [0.3, 0.4) is 0 Å². The molecule has 4 rings (SSSR count). The molecule has 136 valence electrons. The minimum atomic E-state index is 0.546. The number of hydrogen-bond donors (Lipinski definition) is 0. The van der Waals surface area contributed by atoms with Crippen LogP contribution in [0.15, 0.2) is 85.0 Å². The first kappa shape index (κ1) is 17.3. The van der Waals surface area contributed by atoms with E-state index in [-0.39, 0.29) is 0 Å². The number of hydrogen-bond acceptors (Lipinski definition) is 3. The van der Waals surface area contributed by atoms with Crippen molar-refractivity contribution < 1.29 is 4.74 Å². The van der Waals surface area contributed by atoms with E-state index in [0.29, 0.717) is 23.6 Å². The molecule has 0 bridgehead atoms. The predicted octanol–water partition coefficient (Wildman–Crippen LogP) is 5.51. The molecule has 2 atom stereocenters. The Kier molecular flexibility index (Phi) is 4.88. The second kappa shape index (κ2) is 7.62. The van der Waals surface area contributed by atoms with Gasteiger partial charge in [-0.05, 0) is 29.0 Å². The third-order valence-corrected chi connectivity index (χ3v) is 5.00. The predicted molar refractivity (Wildman–Crippen MR) is 108 cm³/mol. The summed E-state index contributed by atoms with van der Waals surface area (Å²) in [5.41, 5.74) is 3.48. The summed E-state index contributed by atoms with van der Waals surface area (Å²) < 4.78 is 7.97. The van der Waals surface area contributed by atoms with Crippen LogP contribution in [0.5, 0.6) is 11.8 Å². The highest BCUT2D eigenvalue weighted by Gasteiger charge is 2.14. The maximum atomic E-state index is 5.97. The second-order valence-electron chi connectivity index (χ2n) is 7.03. The van der Waals surface area contributed by atoms with Crippen molar-refractivity contribution in [3.63, 3.8) is 0 Å². The van der Waals surface area contributed by atoms with Gasteiger partial charge in [0.25, 0.3) is 0 Å². The molecule has 2 aromatic heterocycles. The highest BCUT2D eigenvalue weighted by atomic mass is 16.5. The van der Waals surface area contributed by atoms with Crippen LogP contribution < -0.4 is 4.74 Å². The van der Waals surface area contributed by atoms with Crippen molar-refractivity contribution in [1.82, 2.24) is 14.5 Å². The van der Waals surface area contributed by atoms with Gasteiger partial charge in [-0.1, -0.05) is 62.4 Å². The molecule has 0 amide bonds. The highest BCUT2D eigenvalue weighted by molar-refractivity contribution is 5.62. The quantitative estimate of drug-likeness (QED) is 0.605. The Morgan fingerprint density at radius 1 is 0.963 bits per heavy atom. The number of rotatable bonds is 5. The zero-order valence-electron chi connectivity index (χ0n) is 15.6. The smallest absolute Gasteiger partial charge is 0.222 e. The lowest BCUT2D eigenvalue weighted by atomic mass is 9.88. The molecule has 0 spiro atoms. The summed E-state index contributed by atoms with van der Waals surface area (Å²) in [7, 11) is 0. The van der Waals surface area contributed by atoms with E-state index in [0.717, 1.165) is 17.7 Å². The molecule has 1 aromatic carbocycles. The van der Waals surface area contributed by atoms with Gasteiger partial charge < -0.3 is 4.74 Å². The van der Waals surface area contributed by atoms with Crippen molar-refractivity contribution >= 4 is 0 Å². The molecule has 0 radical (unpaired) electrons. The molecule has 27 heavy (non-hydrogen) atoms. The summed E-state index contributed by atoms with van der Waals surface area (Å²) in [5, 5.41) is 0. The average molecular weight is 357 g/mol. The van der Waals surface area contributed by atoms with Gasteiger partial charge in [0.2, 0.25) is 11.8 Å². The summed E-state index contributed by atoms with van der Waals surface area (Å²) in [5.74, 6) is 2.38. The zero-order chi connectivity index (χ0) is 18.6. The number of nitrogens with zero attached hydrogens (tertiary/aromatic N) is 3. The molecule has 0 saturated heterocycles. The number of benzene rings is 1. The molecule has 0 N–H and O–H groups in total. The zero-order valence-corrected chi connectivity index (χ0v) is 15.6. The van der Waals surface area contributed by atoms with E-state index in [1.807, 2.05) is 41.1 Å². The van der Waals surface area contributed by atoms with Gasteiger partial charge in [-0.15, -0.1) is 0 Å². The van der Waals surface area contributed by atoms with E-state index < -0.39 is 0 Å². The molecule has 3 aromatic rings. The van der Waals surface area contributed by atoms with Crippen LogP contribution in [-0.2, 0) is 6.54 Å². The Balaban J connectivity index is 1.47. The van der Waals surface area contributed by atoms with Gasteiger partial charge in [0.1, 0.15) is 0 Å². The minimum Gasteiger partial charge on any atom is -0.421 e. The van der Waals surface area contributed by atoms with E-state index in [4.69, 9.17) is 4.74 Å². The fourth-order valence-corrected chi connectivity index (χ4v) is 3.16. The SMILES string of the molecule is CC1C=CC(Cn2cncc2Oc2ccc(-c3ccccc3)cn2)=CC1C. The Labute approximate surface area is 159 Å². The topological polar surface area (TPSA) is 39.9 Å². The number of ether oxygens (including phenoxy) is 1. The summed E-state index contributed by atoms with van der Waals surface area (Å²) >= 11 is 0. The van der Waals surface area contributed by atoms with Crippen molar-refractivity contribution in [1.29, 1.82) is 0 Å². The van der Waals surface area contributed by atoms with E-state index in [2.05, 4.69) is 54.2 Å². The fraction of sp³-hybridized carbons (Fsp3) is 0.217. The van der Waals surface area contributed by atoms with E-state index in [9.17, 15) is 0 Å². The van der Waals surface area contributed by atoms with Crippen LogP contribution in [0.1, 0.15) is 13.8 Å². The van der Waals surface area contributed by atoms with Crippen LogP contribution in [-0.4, -0.2) is 14.5 Å². The third kappa shape index (κ3) is 4.00. The van der Waals surface area contributed by atoms with Crippen molar-refractivity contribution in [2.45, 2.75) is 20.4 Å². The van der Waals surface area contributed by atoms with Crippen molar-refractivity contribution in [2.75, 3.05) is 0 Å². The maximum absolute atomic E-state index is 5.97. The van der Waals surface area contributed by atoms with E-state index in [1.54, 1.807) is 12.5 Å². The second-order valence-corrected chi connectivity index (χ2v) is 7.03. The molecule has 0 aliphatic heterocycles. The molecule has 4 nitrogen and oxygen atoms in total. The monoisotopic (exact) mass is 357 g/mol. The van der Waals surface area contributed by atoms with Crippen LogP contribution in [0, 0.1) is 11.8 Å². The Hall–Kier alpha value is -3.14. The molecule has 0 fully saturated rings. The molecular formula is C23H23N3O. The first-order valence-corrected chi connectivity index (χ1v) is 9.27. The van der Waals surface area contributed by atoms with Gasteiger partial charge in [-0.25, -0.2) is 9.97 Å².